The first-order valence-corrected chi connectivity index (χ1v) is 4.35. The van der Waals surface area contributed by atoms with Crippen molar-refractivity contribution in [2.45, 2.75) is 27.7 Å². The van der Waals surface area contributed by atoms with Crippen molar-refractivity contribution in [1.82, 2.24) is 0 Å². The molecule has 0 bridgehead atoms. The molecule has 0 aromatic carbocycles. The van der Waals surface area contributed by atoms with Crippen LogP contribution < -0.4 is 0 Å². The van der Waals surface area contributed by atoms with Crippen molar-refractivity contribution in [2.24, 2.45) is 11.3 Å². The average molecular weight is 202 g/mol. The first kappa shape index (κ1) is 12.9. The minimum atomic E-state index is -1.43. The van der Waals surface area contributed by atoms with E-state index in [0.717, 1.165) is 6.92 Å². The van der Waals surface area contributed by atoms with E-state index in [4.69, 9.17) is 0 Å². The van der Waals surface area contributed by atoms with Crippen LogP contribution in [0.5, 0.6) is 0 Å². The van der Waals surface area contributed by atoms with Gasteiger partial charge in [0.2, 0.25) is 0 Å². The summed E-state index contributed by atoms with van der Waals surface area (Å²) in [6.07, 6.45) is 0. The maximum Gasteiger partial charge on any atom is 0.181 e. The second-order valence-corrected chi connectivity index (χ2v) is 4.26. The molecule has 0 aromatic rings. The lowest BCUT2D eigenvalue weighted by molar-refractivity contribution is -0.143. The first-order chi connectivity index (χ1) is 6.21. The van der Waals surface area contributed by atoms with Gasteiger partial charge in [-0.1, -0.05) is 20.8 Å². The Labute approximate surface area is 82.7 Å². The number of halogens is 1. The lowest BCUT2D eigenvalue weighted by atomic mass is 9.80. The number of ketones is 3. The van der Waals surface area contributed by atoms with E-state index in [2.05, 4.69) is 0 Å². The summed E-state index contributed by atoms with van der Waals surface area (Å²) in [5, 5.41) is 0. The zero-order valence-corrected chi connectivity index (χ0v) is 8.89. The van der Waals surface area contributed by atoms with Crippen molar-refractivity contribution in [3.8, 4) is 0 Å². The summed E-state index contributed by atoms with van der Waals surface area (Å²) in [5.74, 6) is -3.49. The lowest BCUT2D eigenvalue weighted by Gasteiger charge is -2.21. The summed E-state index contributed by atoms with van der Waals surface area (Å²) in [6, 6.07) is 0. The molecule has 0 radical (unpaired) electrons. The normalized spacial score (nSPS) is 13.5. The lowest BCUT2D eigenvalue weighted by Crippen LogP contribution is -2.38. The van der Waals surface area contributed by atoms with Gasteiger partial charge >= 0.3 is 0 Å². The Bertz CT molecular complexity index is 263. The molecule has 0 N–H and O–H groups in total. The molecule has 0 saturated heterocycles. The Morgan fingerprint density at radius 2 is 1.64 bits per heavy atom. The highest BCUT2D eigenvalue weighted by molar-refractivity contribution is 6.20. The smallest absolute Gasteiger partial charge is 0.181 e. The molecule has 80 valence electrons. The Morgan fingerprint density at radius 1 is 1.21 bits per heavy atom. The number of hydrogen-bond donors (Lipinski definition) is 0. The van der Waals surface area contributed by atoms with E-state index in [1.54, 1.807) is 20.8 Å². The van der Waals surface area contributed by atoms with Crippen LogP contribution in [0.1, 0.15) is 27.7 Å². The van der Waals surface area contributed by atoms with Gasteiger partial charge in [-0.3, -0.25) is 14.4 Å². The van der Waals surface area contributed by atoms with Gasteiger partial charge in [-0.05, 0) is 6.92 Å². The largest absolute Gasteiger partial charge is 0.299 e. The minimum absolute atomic E-state index is 0.521. The van der Waals surface area contributed by atoms with Crippen LogP contribution in [0.15, 0.2) is 0 Å². The van der Waals surface area contributed by atoms with E-state index < -0.39 is 35.4 Å². The molecule has 0 aliphatic heterocycles. The molecule has 0 rings (SSSR count). The molecule has 4 heteroatoms. The maximum absolute atomic E-state index is 12.1. The fraction of sp³-hybridized carbons (Fsp3) is 0.700. The van der Waals surface area contributed by atoms with Gasteiger partial charge in [-0.2, -0.15) is 0 Å². The molecule has 3 nitrogen and oxygen atoms in total. The van der Waals surface area contributed by atoms with Gasteiger partial charge in [0.15, 0.2) is 11.6 Å². The van der Waals surface area contributed by atoms with Crippen molar-refractivity contribution >= 4 is 17.3 Å². The van der Waals surface area contributed by atoms with E-state index in [9.17, 15) is 18.8 Å². The number of carbonyl (C=O) groups excluding carboxylic acids is 3. The van der Waals surface area contributed by atoms with Gasteiger partial charge < -0.3 is 0 Å². The van der Waals surface area contributed by atoms with Gasteiger partial charge in [0.25, 0.3) is 0 Å². The molecule has 1 unspecified atom stereocenters. The fourth-order valence-corrected chi connectivity index (χ4v) is 1.07. The molecule has 0 aliphatic carbocycles. The van der Waals surface area contributed by atoms with E-state index in [-0.39, 0.29) is 0 Å². The third-order valence-corrected chi connectivity index (χ3v) is 1.86. The Balaban J connectivity index is 4.95. The zero-order valence-electron chi connectivity index (χ0n) is 8.89. The van der Waals surface area contributed by atoms with E-state index in [1.807, 2.05) is 0 Å². The Morgan fingerprint density at radius 3 is 1.86 bits per heavy atom. The van der Waals surface area contributed by atoms with Crippen molar-refractivity contribution in [1.29, 1.82) is 0 Å². The van der Waals surface area contributed by atoms with E-state index in [1.165, 1.54) is 0 Å². The van der Waals surface area contributed by atoms with Crippen molar-refractivity contribution in [3.63, 3.8) is 0 Å². The number of rotatable bonds is 4. The first-order valence-electron chi connectivity index (χ1n) is 4.35. The monoisotopic (exact) mass is 202 g/mol. The molecule has 0 saturated carbocycles. The summed E-state index contributed by atoms with van der Waals surface area (Å²) >= 11 is 0. The van der Waals surface area contributed by atoms with Crippen LogP contribution in [-0.2, 0) is 14.4 Å². The fourth-order valence-electron chi connectivity index (χ4n) is 1.07. The molecule has 0 aromatic heterocycles. The highest BCUT2D eigenvalue weighted by Crippen LogP contribution is 2.21. The van der Waals surface area contributed by atoms with Crippen LogP contribution in [0.2, 0.25) is 0 Å². The van der Waals surface area contributed by atoms with Gasteiger partial charge in [0.05, 0.1) is 0 Å². The Kier molecular flexibility index (Phi) is 4.10. The van der Waals surface area contributed by atoms with Crippen molar-refractivity contribution < 1.29 is 18.8 Å². The second-order valence-electron chi connectivity index (χ2n) is 4.26. The van der Waals surface area contributed by atoms with E-state index >= 15 is 0 Å². The van der Waals surface area contributed by atoms with Crippen LogP contribution in [-0.4, -0.2) is 24.0 Å². The standard InChI is InChI=1S/C10H15FO3/c1-6(12)8(7(13)5-11)9(14)10(2,3)4/h8H,5H2,1-4H3. The molecular weight excluding hydrogens is 187 g/mol. The van der Waals surface area contributed by atoms with Crippen LogP contribution in [0.3, 0.4) is 0 Å². The van der Waals surface area contributed by atoms with Crippen LogP contribution >= 0.6 is 0 Å². The van der Waals surface area contributed by atoms with Gasteiger partial charge in [-0.25, -0.2) is 4.39 Å². The molecule has 0 spiro atoms. The Hall–Kier alpha value is -1.06. The summed E-state index contributed by atoms with van der Waals surface area (Å²) < 4.78 is 12.1. The van der Waals surface area contributed by atoms with Gasteiger partial charge in [-0.15, -0.1) is 0 Å². The maximum atomic E-state index is 12.1. The molecule has 0 aliphatic rings. The summed E-state index contributed by atoms with van der Waals surface area (Å²) in [4.78, 5) is 33.6. The third-order valence-electron chi connectivity index (χ3n) is 1.86. The number of hydrogen-bond acceptors (Lipinski definition) is 3. The molecule has 14 heavy (non-hydrogen) atoms. The molecular formula is C10H15FO3. The SMILES string of the molecule is CC(=O)C(C(=O)CF)C(=O)C(C)(C)C. The second kappa shape index (κ2) is 4.44. The predicted octanol–water partition coefficient (Wildman–Crippen LogP) is 1.35. The van der Waals surface area contributed by atoms with Gasteiger partial charge in [0, 0.05) is 5.41 Å². The predicted molar refractivity (Wildman–Crippen MR) is 49.6 cm³/mol. The van der Waals surface area contributed by atoms with E-state index in [0.29, 0.717) is 0 Å². The molecule has 0 fully saturated rings. The summed E-state index contributed by atoms with van der Waals surface area (Å²) in [7, 11) is 0. The van der Waals surface area contributed by atoms with Crippen LogP contribution in [0.4, 0.5) is 4.39 Å². The quantitative estimate of drug-likeness (QED) is 0.646. The topological polar surface area (TPSA) is 51.2 Å². The number of carbonyl (C=O) groups is 3. The minimum Gasteiger partial charge on any atom is -0.299 e. The zero-order chi connectivity index (χ0) is 11.5. The number of alkyl halides is 1. The van der Waals surface area contributed by atoms with Crippen LogP contribution in [0, 0.1) is 11.3 Å². The highest BCUT2D eigenvalue weighted by Gasteiger charge is 2.37. The molecule has 0 amide bonds. The molecule has 1 atom stereocenters. The average Bonchev–Trinajstić information content (AvgIpc) is 2.01. The van der Waals surface area contributed by atoms with Crippen molar-refractivity contribution in [3.05, 3.63) is 0 Å². The van der Waals surface area contributed by atoms with Crippen LogP contribution in [0.25, 0.3) is 0 Å². The summed E-state index contributed by atoms with van der Waals surface area (Å²) in [6.45, 7) is 4.64. The third kappa shape index (κ3) is 3.01. The molecule has 0 heterocycles. The highest BCUT2D eigenvalue weighted by atomic mass is 19.1. The van der Waals surface area contributed by atoms with Crippen molar-refractivity contribution in [2.75, 3.05) is 6.67 Å². The van der Waals surface area contributed by atoms with Gasteiger partial charge in [0.1, 0.15) is 18.4 Å². The summed E-state index contributed by atoms with van der Waals surface area (Å²) in [5.41, 5.74) is -0.804. The number of Topliss-reactive ketones (excluding diaryl/α,β-unsaturated/α-hetero) is 3.